The molecule has 2 aromatic carbocycles. The minimum atomic E-state index is -0.285. The van der Waals surface area contributed by atoms with Gasteiger partial charge in [-0.1, -0.05) is 24.3 Å². The summed E-state index contributed by atoms with van der Waals surface area (Å²) in [6, 6.07) is 14.4. The molecule has 0 spiro atoms. The lowest BCUT2D eigenvalue weighted by molar-refractivity contribution is -0.116. The highest BCUT2D eigenvalue weighted by Crippen LogP contribution is 2.46. The van der Waals surface area contributed by atoms with E-state index in [0.29, 0.717) is 6.42 Å². The summed E-state index contributed by atoms with van der Waals surface area (Å²) < 4.78 is 19.3. The first kappa shape index (κ1) is 17.7. The minimum Gasteiger partial charge on any atom is -0.491 e. The number of halogens is 1. The molecule has 2 heterocycles. The number of nitrogens with one attached hydrogen (secondary N) is 1. The van der Waals surface area contributed by atoms with Crippen molar-refractivity contribution in [1.82, 2.24) is 0 Å². The van der Waals surface area contributed by atoms with E-state index in [2.05, 4.69) is 5.32 Å². The van der Waals surface area contributed by atoms with Crippen LogP contribution >= 0.6 is 11.3 Å². The molecule has 27 heavy (non-hydrogen) atoms. The molecule has 1 aliphatic rings. The maximum atomic E-state index is 13.6. The fourth-order valence-corrected chi connectivity index (χ4v) is 4.58. The normalized spacial score (nSPS) is 16.1. The van der Waals surface area contributed by atoms with Crippen molar-refractivity contribution in [2.45, 2.75) is 32.3 Å². The molecular formula is C22H20FNO2S. The summed E-state index contributed by atoms with van der Waals surface area (Å²) in [5.74, 6) is 0.507. The summed E-state index contributed by atoms with van der Waals surface area (Å²) in [6.07, 6.45) is 0.523. The first-order chi connectivity index (χ1) is 13.0. The molecule has 1 atom stereocenters. The third-order valence-electron chi connectivity index (χ3n) is 4.58. The Morgan fingerprint density at radius 1 is 1.19 bits per heavy atom. The minimum absolute atomic E-state index is 0.00541. The summed E-state index contributed by atoms with van der Waals surface area (Å²) in [6.45, 7) is 3.98. The predicted octanol–water partition coefficient (Wildman–Crippen LogP) is 5.82. The van der Waals surface area contributed by atoms with Crippen molar-refractivity contribution in [2.24, 2.45) is 0 Å². The van der Waals surface area contributed by atoms with Crippen LogP contribution in [0, 0.1) is 5.82 Å². The largest absolute Gasteiger partial charge is 0.491 e. The van der Waals surface area contributed by atoms with E-state index in [4.69, 9.17) is 4.74 Å². The molecular weight excluding hydrogens is 361 g/mol. The monoisotopic (exact) mass is 381 g/mol. The summed E-state index contributed by atoms with van der Waals surface area (Å²) >= 11 is 1.60. The van der Waals surface area contributed by atoms with Gasteiger partial charge in [0.25, 0.3) is 0 Å². The smallest absolute Gasteiger partial charge is 0.225 e. The predicted molar refractivity (Wildman–Crippen MR) is 107 cm³/mol. The van der Waals surface area contributed by atoms with Gasteiger partial charge in [-0.3, -0.25) is 4.79 Å². The van der Waals surface area contributed by atoms with Crippen molar-refractivity contribution in [3.8, 4) is 16.9 Å². The maximum absolute atomic E-state index is 13.6. The molecule has 138 valence electrons. The fourth-order valence-electron chi connectivity index (χ4n) is 3.42. The van der Waals surface area contributed by atoms with E-state index in [9.17, 15) is 9.18 Å². The van der Waals surface area contributed by atoms with Gasteiger partial charge >= 0.3 is 0 Å². The molecule has 1 aromatic heterocycles. The Morgan fingerprint density at radius 3 is 2.67 bits per heavy atom. The van der Waals surface area contributed by atoms with Gasteiger partial charge in [-0.2, -0.15) is 0 Å². The molecule has 0 fully saturated rings. The molecule has 3 aromatic rings. The Hall–Kier alpha value is -2.66. The molecule has 0 aliphatic carbocycles. The zero-order valence-corrected chi connectivity index (χ0v) is 16.0. The van der Waals surface area contributed by atoms with Gasteiger partial charge in [0.05, 0.1) is 11.8 Å². The second-order valence-electron chi connectivity index (χ2n) is 6.94. The summed E-state index contributed by atoms with van der Waals surface area (Å²) in [4.78, 5) is 13.5. The van der Waals surface area contributed by atoms with E-state index in [1.807, 2.05) is 49.6 Å². The van der Waals surface area contributed by atoms with Crippen LogP contribution in [0.3, 0.4) is 0 Å². The van der Waals surface area contributed by atoms with Crippen LogP contribution < -0.4 is 10.1 Å². The number of hydrogen-bond acceptors (Lipinski definition) is 3. The van der Waals surface area contributed by atoms with E-state index in [1.54, 1.807) is 17.4 Å². The average molecular weight is 381 g/mol. The average Bonchev–Trinajstić information content (AvgIpc) is 3.05. The Bertz CT molecular complexity index is 978. The van der Waals surface area contributed by atoms with Crippen molar-refractivity contribution in [1.29, 1.82) is 0 Å². The SMILES string of the molecule is CC(C)Oc1ccc([C@@H]2CC(=O)Nc3c(-c4cccc(F)c4)csc32)cc1. The van der Waals surface area contributed by atoms with E-state index >= 15 is 0 Å². The van der Waals surface area contributed by atoms with Gasteiger partial charge in [0.1, 0.15) is 11.6 Å². The molecule has 0 radical (unpaired) electrons. The summed E-state index contributed by atoms with van der Waals surface area (Å²) in [5, 5.41) is 4.98. The molecule has 3 nitrogen and oxygen atoms in total. The summed E-state index contributed by atoms with van der Waals surface area (Å²) in [7, 11) is 0. The number of fused-ring (bicyclic) bond motifs is 1. The number of carbonyl (C=O) groups excluding carboxylic acids is 1. The lowest BCUT2D eigenvalue weighted by atomic mass is 9.89. The van der Waals surface area contributed by atoms with Gasteiger partial charge in [0.2, 0.25) is 5.91 Å². The van der Waals surface area contributed by atoms with Gasteiger partial charge < -0.3 is 10.1 Å². The van der Waals surface area contributed by atoms with Crippen LogP contribution in [0.1, 0.15) is 36.6 Å². The van der Waals surface area contributed by atoms with Crippen LogP contribution in [0.15, 0.2) is 53.9 Å². The third-order valence-corrected chi connectivity index (χ3v) is 5.68. The molecule has 1 amide bonds. The number of carbonyl (C=O) groups is 1. The van der Waals surface area contributed by atoms with Crippen LogP contribution in [0.4, 0.5) is 10.1 Å². The van der Waals surface area contributed by atoms with E-state index in [0.717, 1.165) is 33.0 Å². The third kappa shape index (κ3) is 3.60. The molecule has 4 rings (SSSR count). The molecule has 0 saturated carbocycles. The van der Waals surface area contributed by atoms with Gasteiger partial charge in [-0.25, -0.2) is 4.39 Å². The number of benzene rings is 2. The fraction of sp³-hybridized carbons (Fsp3) is 0.227. The summed E-state index contributed by atoms with van der Waals surface area (Å²) in [5.41, 5.74) is 3.52. The van der Waals surface area contributed by atoms with E-state index in [1.165, 1.54) is 12.1 Å². The lowest BCUT2D eigenvalue weighted by Gasteiger charge is -2.24. The number of ether oxygens (including phenoxy) is 1. The first-order valence-corrected chi connectivity index (χ1v) is 9.83. The Morgan fingerprint density at radius 2 is 1.96 bits per heavy atom. The van der Waals surface area contributed by atoms with Crippen LogP contribution in [-0.2, 0) is 4.79 Å². The number of thiophene rings is 1. The van der Waals surface area contributed by atoms with Crippen LogP contribution in [-0.4, -0.2) is 12.0 Å². The van der Waals surface area contributed by atoms with Crippen molar-refractivity contribution in [3.05, 3.63) is 70.2 Å². The van der Waals surface area contributed by atoms with E-state index < -0.39 is 0 Å². The highest BCUT2D eigenvalue weighted by Gasteiger charge is 2.30. The molecule has 5 heteroatoms. The van der Waals surface area contributed by atoms with Gasteiger partial charge in [0, 0.05) is 28.2 Å². The second kappa shape index (κ2) is 7.16. The highest BCUT2D eigenvalue weighted by molar-refractivity contribution is 7.11. The zero-order valence-electron chi connectivity index (χ0n) is 15.2. The quantitative estimate of drug-likeness (QED) is 0.619. The van der Waals surface area contributed by atoms with Gasteiger partial charge in [-0.05, 0) is 49.2 Å². The Labute approximate surface area is 161 Å². The number of anilines is 1. The molecule has 1 N–H and O–H groups in total. The molecule has 1 aliphatic heterocycles. The molecule has 0 bridgehead atoms. The van der Waals surface area contributed by atoms with Gasteiger partial charge in [-0.15, -0.1) is 11.3 Å². The lowest BCUT2D eigenvalue weighted by Crippen LogP contribution is -2.22. The number of hydrogen-bond donors (Lipinski definition) is 1. The van der Waals surface area contributed by atoms with Crippen LogP contribution in [0.2, 0.25) is 0 Å². The number of amides is 1. The second-order valence-corrected chi connectivity index (χ2v) is 7.85. The van der Waals surface area contributed by atoms with Crippen molar-refractivity contribution < 1.29 is 13.9 Å². The molecule has 0 unspecified atom stereocenters. The zero-order chi connectivity index (χ0) is 19.0. The Kier molecular flexibility index (Phi) is 4.70. The first-order valence-electron chi connectivity index (χ1n) is 8.95. The topological polar surface area (TPSA) is 38.3 Å². The van der Waals surface area contributed by atoms with Crippen molar-refractivity contribution in [2.75, 3.05) is 5.32 Å². The van der Waals surface area contributed by atoms with Crippen molar-refractivity contribution >= 4 is 22.9 Å². The molecule has 0 saturated heterocycles. The maximum Gasteiger partial charge on any atom is 0.225 e. The highest BCUT2D eigenvalue weighted by atomic mass is 32.1. The Balaban J connectivity index is 1.71. The van der Waals surface area contributed by atoms with Crippen LogP contribution in [0.5, 0.6) is 5.75 Å². The van der Waals surface area contributed by atoms with Crippen molar-refractivity contribution in [3.63, 3.8) is 0 Å². The van der Waals surface area contributed by atoms with Crippen LogP contribution in [0.25, 0.3) is 11.1 Å². The van der Waals surface area contributed by atoms with Gasteiger partial charge in [0.15, 0.2) is 0 Å². The van der Waals surface area contributed by atoms with E-state index in [-0.39, 0.29) is 23.7 Å². The number of rotatable bonds is 4. The standard InChI is InChI=1S/C22H20FNO2S/c1-13(2)26-17-8-6-14(7-9-17)18-11-20(25)24-21-19(12-27-22(18)21)15-4-3-5-16(23)10-15/h3-10,12-13,18H,11H2,1-2H3,(H,24,25)/t18-/m0/s1.